The summed E-state index contributed by atoms with van der Waals surface area (Å²) in [7, 11) is 0. The van der Waals surface area contributed by atoms with E-state index < -0.39 is 0 Å². The Morgan fingerprint density at radius 1 is 1.25 bits per heavy atom. The lowest BCUT2D eigenvalue weighted by molar-refractivity contribution is 0.0950. The van der Waals surface area contributed by atoms with E-state index in [9.17, 15) is 4.79 Å². The molecule has 2 aliphatic rings. The fourth-order valence-corrected chi connectivity index (χ4v) is 3.50. The zero-order valence-corrected chi connectivity index (χ0v) is 13.9. The largest absolute Gasteiger partial charge is 0.352 e. The summed E-state index contributed by atoms with van der Waals surface area (Å²) in [5.41, 5.74) is 2.84. The van der Waals surface area contributed by atoms with Crippen molar-refractivity contribution in [1.29, 1.82) is 0 Å². The van der Waals surface area contributed by atoms with Gasteiger partial charge in [-0.1, -0.05) is 18.2 Å². The topological polar surface area (TPSA) is 59.0 Å². The number of rotatable bonds is 6. The highest BCUT2D eigenvalue weighted by atomic mass is 16.1. The molecule has 1 atom stereocenters. The van der Waals surface area contributed by atoms with Gasteiger partial charge in [0.1, 0.15) is 0 Å². The van der Waals surface area contributed by atoms with Crippen LogP contribution in [0, 0.1) is 5.92 Å². The van der Waals surface area contributed by atoms with Crippen molar-refractivity contribution in [1.82, 2.24) is 20.4 Å². The Morgan fingerprint density at radius 2 is 2.08 bits per heavy atom. The van der Waals surface area contributed by atoms with Crippen LogP contribution in [0.3, 0.4) is 0 Å². The number of benzene rings is 1. The number of nitrogens with one attached hydrogen (secondary N) is 2. The second-order valence-electron chi connectivity index (χ2n) is 6.87. The fraction of sp³-hybridized carbons (Fsp3) is 0.474. The highest BCUT2D eigenvalue weighted by Gasteiger charge is 2.32. The molecular weight excluding hydrogens is 300 g/mol. The quantitative estimate of drug-likeness (QED) is 0.858. The van der Waals surface area contributed by atoms with Gasteiger partial charge < -0.3 is 10.6 Å². The molecule has 1 aromatic heterocycles. The fourth-order valence-electron chi connectivity index (χ4n) is 3.50. The molecular formula is C19H24N4O. The summed E-state index contributed by atoms with van der Waals surface area (Å²) in [5.74, 6) is 1.18. The van der Waals surface area contributed by atoms with Crippen molar-refractivity contribution in [3.8, 4) is 5.69 Å². The molecule has 1 aliphatic heterocycles. The molecule has 1 aromatic carbocycles. The van der Waals surface area contributed by atoms with Gasteiger partial charge in [-0.05, 0) is 56.8 Å². The van der Waals surface area contributed by atoms with Crippen molar-refractivity contribution in [3.63, 3.8) is 0 Å². The van der Waals surface area contributed by atoms with Crippen LogP contribution >= 0.6 is 0 Å². The van der Waals surface area contributed by atoms with E-state index in [-0.39, 0.29) is 5.91 Å². The number of amides is 1. The Hall–Kier alpha value is -2.14. The first-order valence-corrected chi connectivity index (χ1v) is 8.95. The zero-order valence-electron chi connectivity index (χ0n) is 13.9. The zero-order chi connectivity index (χ0) is 16.4. The molecule has 1 saturated heterocycles. The predicted molar refractivity (Wildman–Crippen MR) is 93.5 cm³/mol. The summed E-state index contributed by atoms with van der Waals surface area (Å²) in [6, 6.07) is 10.1. The van der Waals surface area contributed by atoms with Crippen molar-refractivity contribution in [2.45, 2.75) is 31.6 Å². The van der Waals surface area contributed by atoms with Crippen LogP contribution in [0.2, 0.25) is 0 Å². The summed E-state index contributed by atoms with van der Waals surface area (Å²) in [6.07, 6.45) is 6.28. The van der Waals surface area contributed by atoms with E-state index in [0.29, 0.717) is 11.8 Å². The maximum absolute atomic E-state index is 12.6. The van der Waals surface area contributed by atoms with Crippen molar-refractivity contribution < 1.29 is 4.79 Å². The van der Waals surface area contributed by atoms with Gasteiger partial charge in [-0.3, -0.25) is 4.79 Å². The van der Waals surface area contributed by atoms with E-state index >= 15 is 0 Å². The average Bonchev–Trinajstić information content (AvgIpc) is 3.14. The van der Waals surface area contributed by atoms with Crippen LogP contribution in [0.25, 0.3) is 5.69 Å². The average molecular weight is 324 g/mol. The molecule has 0 bridgehead atoms. The van der Waals surface area contributed by atoms with Gasteiger partial charge in [0.2, 0.25) is 0 Å². The molecule has 5 heteroatoms. The van der Waals surface area contributed by atoms with Crippen LogP contribution in [0.1, 0.15) is 47.7 Å². The van der Waals surface area contributed by atoms with E-state index in [1.54, 1.807) is 6.20 Å². The monoisotopic (exact) mass is 324 g/mol. The van der Waals surface area contributed by atoms with Crippen molar-refractivity contribution in [3.05, 3.63) is 47.8 Å². The smallest absolute Gasteiger partial charge is 0.254 e. The van der Waals surface area contributed by atoms with Gasteiger partial charge in [-0.15, -0.1) is 0 Å². The number of carbonyl (C=O) groups is 1. The standard InChI is InChI=1S/C19H24N4O/c24-19(21-11-9-14-8-10-20-12-14)17-13-22-23(18(17)15-6-7-15)16-4-2-1-3-5-16/h1-5,13-15,20H,6-12H2,(H,21,24). The highest BCUT2D eigenvalue weighted by molar-refractivity contribution is 5.95. The molecule has 0 radical (unpaired) electrons. The van der Waals surface area contributed by atoms with Crippen LogP contribution in [0.5, 0.6) is 0 Å². The Balaban J connectivity index is 1.48. The van der Waals surface area contributed by atoms with Gasteiger partial charge in [-0.25, -0.2) is 4.68 Å². The molecule has 2 N–H and O–H groups in total. The third kappa shape index (κ3) is 3.22. The molecule has 126 valence electrons. The first-order valence-electron chi connectivity index (χ1n) is 8.95. The Bertz CT molecular complexity index is 699. The highest BCUT2D eigenvalue weighted by Crippen LogP contribution is 2.42. The maximum Gasteiger partial charge on any atom is 0.254 e. The van der Waals surface area contributed by atoms with E-state index in [1.807, 2.05) is 35.0 Å². The number of aromatic nitrogens is 2. The molecule has 5 nitrogen and oxygen atoms in total. The second kappa shape index (κ2) is 6.77. The van der Waals surface area contributed by atoms with Gasteiger partial charge in [0, 0.05) is 12.5 Å². The molecule has 1 aliphatic carbocycles. The normalized spacial score (nSPS) is 20.2. The maximum atomic E-state index is 12.6. The predicted octanol–water partition coefficient (Wildman–Crippen LogP) is 2.48. The molecule has 2 aromatic rings. The summed E-state index contributed by atoms with van der Waals surface area (Å²) >= 11 is 0. The van der Waals surface area contributed by atoms with Gasteiger partial charge in [0.25, 0.3) is 5.91 Å². The number of para-hydroxylation sites is 1. The summed E-state index contributed by atoms with van der Waals surface area (Å²) < 4.78 is 1.94. The minimum absolute atomic E-state index is 0.0186. The first-order chi connectivity index (χ1) is 11.8. The van der Waals surface area contributed by atoms with E-state index in [1.165, 1.54) is 6.42 Å². The van der Waals surface area contributed by atoms with Gasteiger partial charge in [0.05, 0.1) is 23.1 Å². The number of carbonyl (C=O) groups excluding carboxylic acids is 1. The number of hydrogen-bond acceptors (Lipinski definition) is 3. The molecule has 2 heterocycles. The second-order valence-corrected chi connectivity index (χ2v) is 6.87. The lowest BCUT2D eigenvalue weighted by atomic mass is 10.1. The van der Waals surface area contributed by atoms with Crippen LogP contribution in [0.15, 0.2) is 36.5 Å². The van der Waals surface area contributed by atoms with Crippen molar-refractivity contribution in [2.75, 3.05) is 19.6 Å². The molecule has 4 rings (SSSR count). The van der Waals surface area contributed by atoms with Crippen molar-refractivity contribution >= 4 is 5.91 Å². The summed E-state index contributed by atoms with van der Waals surface area (Å²) in [4.78, 5) is 12.6. The SMILES string of the molecule is O=C(NCCC1CCNC1)c1cnn(-c2ccccc2)c1C1CC1. The Morgan fingerprint density at radius 3 is 2.79 bits per heavy atom. The molecule has 24 heavy (non-hydrogen) atoms. The lowest BCUT2D eigenvalue weighted by Crippen LogP contribution is -2.27. The molecule has 0 spiro atoms. The van der Waals surface area contributed by atoms with E-state index in [4.69, 9.17) is 0 Å². The molecule has 2 fully saturated rings. The lowest BCUT2D eigenvalue weighted by Gasteiger charge is -2.11. The summed E-state index contributed by atoms with van der Waals surface area (Å²) in [5, 5.41) is 11.0. The van der Waals surface area contributed by atoms with Crippen LogP contribution < -0.4 is 10.6 Å². The molecule has 1 amide bonds. The van der Waals surface area contributed by atoms with Gasteiger partial charge in [-0.2, -0.15) is 5.10 Å². The minimum atomic E-state index is 0.0186. The number of hydrogen-bond donors (Lipinski definition) is 2. The van der Waals surface area contributed by atoms with Gasteiger partial charge in [0.15, 0.2) is 0 Å². The number of nitrogens with zero attached hydrogens (tertiary/aromatic N) is 2. The van der Waals surface area contributed by atoms with Crippen molar-refractivity contribution in [2.24, 2.45) is 5.92 Å². The first kappa shape index (κ1) is 15.4. The molecule has 1 saturated carbocycles. The minimum Gasteiger partial charge on any atom is -0.352 e. The Kier molecular flexibility index (Phi) is 4.34. The van der Waals surface area contributed by atoms with E-state index in [2.05, 4.69) is 15.7 Å². The third-order valence-corrected chi connectivity index (χ3v) is 5.02. The summed E-state index contributed by atoms with van der Waals surface area (Å²) in [6.45, 7) is 2.93. The van der Waals surface area contributed by atoms with Gasteiger partial charge >= 0.3 is 0 Å². The third-order valence-electron chi connectivity index (χ3n) is 5.02. The van der Waals surface area contributed by atoms with E-state index in [0.717, 1.165) is 55.8 Å². The van der Waals surface area contributed by atoms with Crippen LogP contribution in [-0.2, 0) is 0 Å². The van der Waals surface area contributed by atoms with Crippen LogP contribution in [-0.4, -0.2) is 35.3 Å². The van der Waals surface area contributed by atoms with Crippen LogP contribution in [0.4, 0.5) is 0 Å². The Labute approximate surface area is 142 Å². The molecule has 1 unspecified atom stereocenters.